The van der Waals surface area contributed by atoms with Crippen LogP contribution in [-0.4, -0.2) is 73.8 Å². The predicted molar refractivity (Wildman–Crippen MR) is 155 cm³/mol. The largest absolute Gasteiger partial charge is 0.371 e. The highest BCUT2D eigenvalue weighted by Crippen LogP contribution is 2.46. The molecule has 46 heavy (non-hydrogen) atoms. The van der Waals surface area contributed by atoms with Crippen LogP contribution in [0.15, 0.2) is 85.4 Å². The number of hydrogen-bond donors (Lipinski definition) is 4. The number of hydrogen-bond acceptors (Lipinski definition) is 12. The third-order valence-electron chi connectivity index (χ3n) is 7.86. The second-order valence-electron chi connectivity index (χ2n) is 10.4. The fourth-order valence-electron chi connectivity index (χ4n) is 6.03. The van der Waals surface area contributed by atoms with Crippen LogP contribution in [-0.2, 0) is 30.4 Å². The van der Waals surface area contributed by atoms with Gasteiger partial charge in [-0.05, 0) is 30.4 Å². The summed E-state index contributed by atoms with van der Waals surface area (Å²) in [4.78, 5) is 53.1. The van der Waals surface area contributed by atoms with Crippen molar-refractivity contribution in [3.8, 4) is 0 Å². The molecule has 3 aromatic carbocycles. The number of fused-ring (bicyclic) bond motifs is 7. The van der Waals surface area contributed by atoms with Crippen molar-refractivity contribution in [3.05, 3.63) is 99.1 Å². The van der Waals surface area contributed by atoms with Crippen molar-refractivity contribution in [1.82, 2.24) is 0 Å². The van der Waals surface area contributed by atoms with E-state index in [1.165, 1.54) is 30.4 Å². The van der Waals surface area contributed by atoms with Gasteiger partial charge < -0.3 is 5.32 Å². The molecule has 1 aliphatic heterocycles. The van der Waals surface area contributed by atoms with Crippen LogP contribution in [0.3, 0.4) is 0 Å². The first-order chi connectivity index (χ1) is 21.4. The number of rotatable bonds is 3. The molecular formula is C28H14N2O13S3. The van der Waals surface area contributed by atoms with Crippen LogP contribution in [0.25, 0.3) is 0 Å². The molecule has 0 saturated carbocycles. The highest BCUT2D eigenvalue weighted by molar-refractivity contribution is 7.90. The van der Waals surface area contributed by atoms with Gasteiger partial charge in [0.15, 0.2) is 23.1 Å². The number of carbonyl (C=O) groups excluding carboxylic acids is 4. The lowest BCUT2D eigenvalue weighted by Gasteiger charge is -2.34. The molecule has 0 fully saturated rings. The van der Waals surface area contributed by atoms with Crippen LogP contribution < -0.4 is 5.32 Å². The lowest BCUT2D eigenvalue weighted by Crippen LogP contribution is -2.41. The van der Waals surface area contributed by atoms with Crippen molar-refractivity contribution in [2.45, 2.75) is 20.7 Å². The SMILES string of the molecule is O=C1C2=C(C(=O)c3ccccc31)C1Nc3ccc4c(c3N=C1C=C2)C(=O)c1cc(S(=O)(=O)O)c(S(=O)(=O)O)c(S(=O)(=O)O)c1C4=O. The maximum atomic E-state index is 13.9. The molecule has 15 nitrogen and oxygen atoms in total. The van der Waals surface area contributed by atoms with Gasteiger partial charge in [0.1, 0.15) is 14.7 Å². The third kappa shape index (κ3) is 4.05. The predicted octanol–water partition coefficient (Wildman–Crippen LogP) is 2.01. The van der Waals surface area contributed by atoms with E-state index < -0.39 is 96.5 Å². The Bertz CT molecular complexity index is 2540. The number of Topliss-reactive ketones (excluding diaryl/α,β-unsaturated/α-hetero) is 2. The molecule has 1 unspecified atom stereocenters. The van der Waals surface area contributed by atoms with Crippen LogP contribution in [0.2, 0.25) is 0 Å². The number of benzene rings is 3. The summed E-state index contributed by atoms with van der Waals surface area (Å²) in [6.07, 6.45) is 2.78. The van der Waals surface area contributed by atoms with E-state index in [1.807, 2.05) is 0 Å². The molecule has 1 atom stereocenters. The van der Waals surface area contributed by atoms with Gasteiger partial charge in [-0.25, -0.2) is 4.99 Å². The van der Waals surface area contributed by atoms with E-state index in [0.717, 1.165) is 6.07 Å². The summed E-state index contributed by atoms with van der Waals surface area (Å²) in [7, 11) is -17.5. The Labute approximate surface area is 258 Å². The Kier molecular flexibility index (Phi) is 6.00. The number of allylic oxidation sites excluding steroid dienone is 2. The zero-order chi connectivity index (χ0) is 33.2. The molecule has 7 rings (SSSR count). The third-order valence-corrected chi connectivity index (χ3v) is 10.9. The molecule has 4 N–H and O–H groups in total. The Hall–Kier alpha value is -4.98. The monoisotopic (exact) mass is 682 g/mol. The summed E-state index contributed by atoms with van der Waals surface area (Å²) in [5, 5.41) is 3.03. The van der Waals surface area contributed by atoms with Gasteiger partial charge in [-0.15, -0.1) is 0 Å². The fourth-order valence-corrected chi connectivity index (χ4v) is 9.41. The Morgan fingerprint density at radius 1 is 0.630 bits per heavy atom. The average molecular weight is 683 g/mol. The van der Waals surface area contributed by atoms with Crippen molar-refractivity contribution in [2.24, 2.45) is 4.99 Å². The smallest absolute Gasteiger partial charge is 0.297 e. The highest BCUT2D eigenvalue weighted by atomic mass is 32.2. The zero-order valence-corrected chi connectivity index (χ0v) is 24.8. The van der Waals surface area contributed by atoms with Gasteiger partial charge >= 0.3 is 0 Å². The molecule has 3 aliphatic carbocycles. The van der Waals surface area contributed by atoms with Gasteiger partial charge in [-0.2, -0.15) is 25.3 Å². The number of ketones is 4. The number of anilines is 1. The lowest BCUT2D eigenvalue weighted by atomic mass is 9.76. The van der Waals surface area contributed by atoms with E-state index in [-0.39, 0.29) is 45.4 Å². The maximum Gasteiger partial charge on any atom is 0.297 e. The molecule has 0 bridgehead atoms. The van der Waals surface area contributed by atoms with Crippen molar-refractivity contribution in [3.63, 3.8) is 0 Å². The normalized spacial score (nSPS) is 18.5. The van der Waals surface area contributed by atoms with E-state index in [1.54, 1.807) is 12.1 Å². The van der Waals surface area contributed by atoms with Crippen LogP contribution in [0.5, 0.6) is 0 Å². The van der Waals surface area contributed by atoms with Crippen molar-refractivity contribution < 1.29 is 58.1 Å². The van der Waals surface area contributed by atoms with Gasteiger partial charge in [0.25, 0.3) is 30.4 Å². The lowest BCUT2D eigenvalue weighted by molar-refractivity contribution is 0.0975. The standard InChI is InChI=1S/C28H14N2O13S3/c31-23-10-3-1-2-4-11(10)24(32)18-12(23)5-7-15-21(18)29-16-8-6-13-19(22(16)30-15)26(34)14-9-17(44(35,36)37)27(45(38,39)40)28(46(41,42)43)20(14)25(13)33/h1-9,21,29H,(H,35,36,37)(H,38,39,40)(H,41,42,43). The molecule has 232 valence electrons. The zero-order valence-electron chi connectivity index (χ0n) is 22.4. The van der Waals surface area contributed by atoms with Crippen molar-refractivity contribution >= 4 is 70.6 Å². The van der Waals surface area contributed by atoms with Crippen LogP contribution >= 0.6 is 0 Å². The molecule has 4 aliphatic rings. The number of nitrogens with zero attached hydrogens (tertiary/aromatic N) is 1. The summed E-state index contributed by atoms with van der Waals surface area (Å²) in [5.41, 5.74) is -2.79. The fraction of sp³-hybridized carbons (Fsp3) is 0.0357. The molecular weight excluding hydrogens is 669 g/mol. The van der Waals surface area contributed by atoms with Gasteiger partial charge in [0.2, 0.25) is 0 Å². The van der Waals surface area contributed by atoms with E-state index >= 15 is 0 Å². The van der Waals surface area contributed by atoms with Gasteiger partial charge in [-0.3, -0.25) is 32.8 Å². The van der Waals surface area contributed by atoms with Crippen molar-refractivity contribution in [2.75, 3.05) is 5.32 Å². The first kappa shape index (κ1) is 29.7. The molecule has 0 radical (unpaired) electrons. The Morgan fingerprint density at radius 2 is 1.24 bits per heavy atom. The molecule has 1 heterocycles. The topological polar surface area (TPSA) is 256 Å². The minimum atomic E-state index is -5.88. The molecule has 18 heteroatoms. The van der Waals surface area contributed by atoms with E-state index in [0.29, 0.717) is 0 Å². The summed E-state index contributed by atoms with van der Waals surface area (Å²) >= 11 is 0. The van der Waals surface area contributed by atoms with Gasteiger partial charge in [0, 0.05) is 33.4 Å². The summed E-state index contributed by atoms with van der Waals surface area (Å²) in [6.45, 7) is 0. The number of carbonyl (C=O) groups is 4. The number of aliphatic imine (C=N–C) groups is 1. The maximum absolute atomic E-state index is 13.9. The number of nitrogens with one attached hydrogen (secondary N) is 1. The average Bonchev–Trinajstić information content (AvgIpc) is 2.98. The Balaban J connectivity index is 1.45. The quantitative estimate of drug-likeness (QED) is 0.226. The highest BCUT2D eigenvalue weighted by Gasteiger charge is 2.46. The summed E-state index contributed by atoms with van der Waals surface area (Å²) in [5.74, 6) is -3.49. The molecule has 0 aromatic heterocycles. The first-order valence-corrected chi connectivity index (χ1v) is 17.1. The molecule has 0 spiro atoms. The van der Waals surface area contributed by atoms with Crippen LogP contribution in [0.4, 0.5) is 11.4 Å². The summed E-state index contributed by atoms with van der Waals surface area (Å²) in [6, 6.07) is 7.73. The second kappa shape index (κ2) is 9.28. The van der Waals surface area contributed by atoms with Gasteiger partial charge in [0.05, 0.1) is 34.3 Å². The first-order valence-electron chi connectivity index (χ1n) is 12.8. The minimum absolute atomic E-state index is 0.0675. The second-order valence-corrected chi connectivity index (χ2v) is 14.5. The summed E-state index contributed by atoms with van der Waals surface area (Å²) < 4.78 is 103. The van der Waals surface area contributed by atoms with E-state index in [2.05, 4.69) is 10.3 Å². The van der Waals surface area contributed by atoms with E-state index in [9.17, 15) is 58.1 Å². The van der Waals surface area contributed by atoms with E-state index in [4.69, 9.17) is 0 Å². The molecule has 0 amide bonds. The van der Waals surface area contributed by atoms with Crippen LogP contribution in [0, 0.1) is 0 Å². The Morgan fingerprint density at radius 3 is 1.85 bits per heavy atom. The van der Waals surface area contributed by atoms with Crippen molar-refractivity contribution in [1.29, 1.82) is 0 Å². The molecule has 0 saturated heterocycles. The molecule has 3 aromatic rings. The van der Waals surface area contributed by atoms with Crippen LogP contribution in [0.1, 0.15) is 52.6 Å². The minimum Gasteiger partial charge on any atom is -0.371 e. The van der Waals surface area contributed by atoms with Gasteiger partial charge in [-0.1, -0.05) is 24.3 Å².